The van der Waals surface area contributed by atoms with Crippen LogP contribution in [0, 0.1) is 5.92 Å². The van der Waals surface area contributed by atoms with Crippen molar-refractivity contribution in [2.24, 2.45) is 5.92 Å². The van der Waals surface area contributed by atoms with Gasteiger partial charge in [-0.1, -0.05) is 11.6 Å². The lowest BCUT2D eigenvalue weighted by Gasteiger charge is -2.24. The van der Waals surface area contributed by atoms with E-state index in [9.17, 15) is 19.2 Å². The first-order chi connectivity index (χ1) is 13.2. The molecule has 0 aromatic heterocycles. The Balaban J connectivity index is 1.45. The van der Waals surface area contributed by atoms with Crippen molar-refractivity contribution < 1.29 is 23.9 Å². The van der Waals surface area contributed by atoms with E-state index in [-0.39, 0.29) is 19.6 Å². The molecular formula is C18H21ClN4O5. The van der Waals surface area contributed by atoms with Gasteiger partial charge in [-0.15, -0.1) is 0 Å². The fourth-order valence-corrected chi connectivity index (χ4v) is 3.26. The molecule has 2 aliphatic heterocycles. The molecule has 5 amide bonds. The third-order valence-corrected chi connectivity index (χ3v) is 4.87. The van der Waals surface area contributed by atoms with E-state index in [4.69, 9.17) is 16.3 Å². The van der Waals surface area contributed by atoms with Crippen molar-refractivity contribution in [2.45, 2.75) is 32.2 Å². The average molecular weight is 409 g/mol. The summed E-state index contributed by atoms with van der Waals surface area (Å²) < 4.78 is 5.56. The topological polar surface area (TPSA) is 117 Å². The fraction of sp³-hybridized carbons (Fsp3) is 0.444. The molecule has 10 heteroatoms. The Morgan fingerprint density at radius 2 is 2.07 bits per heavy atom. The lowest BCUT2D eigenvalue weighted by molar-refractivity contribution is -0.133. The second kappa shape index (κ2) is 7.67. The predicted molar refractivity (Wildman–Crippen MR) is 99.4 cm³/mol. The number of imide groups is 1. The van der Waals surface area contributed by atoms with Crippen molar-refractivity contribution in [1.29, 1.82) is 0 Å². The average Bonchev–Trinajstić information content (AvgIpc) is 2.84. The number of hydrogen-bond acceptors (Lipinski definition) is 5. The van der Waals surface area contributed by atoms with Crippen molar-refractivity contribution in [3.63, 3.8) is 0 Å². The summed E-state index contributed by atoms with van der Waals surface area (Å²) >= 11 is 5.96. The summed E-state index contributed by atoms with van der Waals surface area (Å²) in [7, 11) is 0. The number of ether oxygens (including phenoxy) is 1. The highest BCUT2D eigenvalue weighted by Crippen LogP contribution is 2.29. The summed E-state index contributed by atoms with van der Waals surface area (Å²) in [6.45, 7) is 3.29. The molecule has 1 aromatic carbocycles. The van der Waals surface area contributed by atoms with Crippen molar-refractivity contribution in [1.82, 2.24) is 21.1 Å². The van der Waals surface area contributed by atoms with Crippen LogP contribution in [0.2, 0.25) is 5.02 Å². The second-order valence-electron chi connectivity index (χ2n) is 7.26. The largest absolute Gasteiger partial charge is 0.492 e. The van der Waals surface area contributed by atoms with Crippen LogP contribution < -0.4 is 20.9 Å². The number of nitrogens with zero attached hydrogens (tertiary/aromatic N) is 1. The fourth-order valence-electron chi connectivity index (χ4n) is 3.06. The molecule has 2 heterocycles. The van der Waals surface area contributed by atoms with E-state index in [1.165, 1.54) is 0 Å². The van der Waals surface area contributed by atoms with Gasteiger partial charge in [0.25, 0.3) is 5.91 Å². The van der Waals surface area contributed by atoms with E-state index in [2.05, 4.69) is 16.2 Å². The molecule has 0 radical (unpaired) electrons. The Kier molecular flexibility index (Phi) is 5.46. The minimum atomic E-state index is -0.984. The standard InChI is InChI=1S/C18H21ClN4O5/c1-18(2)16(26)23(17(27)20-18)6-5-14(24)21-22-15(25)11-7-10-8-12(19)3-4-13(10)28-9-11/h3-4,8,11H,5-7,9H2,1-2H3,(H,20,27)(H,21,24)(H,22,25)/t11-/m0/s1. The van der Waals surface area contributed by atoms with Crippen molar-refractivity contribution in [2.75, 3.05) is 13.2 Å². The summed E-state index contributed by atoms with van der Waals surface area (Å²) in [6, 6.07) is 4.68. The smallest absolute Gasteiger partial charge is 0.325 e. The van der Waals surface area contributed by atoms with Crippen molar-refractivity contribution >= 4 is 35.4 Å². The van der Waals surface area contributed by atoms with E-state index in [0.717, 1.165) is 10.5 Å². The molecule has 1 fully saturated rings. The number of carbonyl (C=O) groups excluding carboxylic acids is 4. The Labute approximate surface area is 166 Å². The number of benzene rings is 1. The summed E-state index contributed by atoms with van der Waals surface area (Å²) in [5, 5.41) is 3.09. The molecule has 28 heavy (non-hydrogen) atoms. The molecule has 3 N–H and O–H groups in total. The molecule has 0 saturated carbocycles. The third-order valence-electron chi connectivity index (χ3n) is 4.63. The summed E-state index contributed by atoms with van der Waals surface area (Å²) in [5.41, 5.74) is 4.50. The number of nitrogens with one attached hydrogen (secondary N) is 3. The second-order valence-corrected chi connectivity index (χ2v) is 7.70. The first-order valence-corrected chi connectivity index (χ1v) is 9.19. The van der Waals surface area contributed by atoms with Gasteiger partial charge in [-0.25, -0.2) is 4.79 Å². The number of hydrogen-bond donors (Lipinski definition) is 3. The maximum absolute atomic E-state index is 12.3. The highest BCUT2D eigenvalue weighted by Gasteiger charge is 2.44. The highest BCUT2D eigenvalue weighted by molar-refractivity contribution is 6.30. The number of carbonyl (C=O) groups is 4. The monoisotopic (exact) mass is 408 g/mol. The summed E-state index contributed by atoms with van der Waals surface area (Å²) in [5.74, 6) is -1.09. The maximum atomic E-state index is 12.3. The number of rotatable bonds is 4. The highest BCUT2D eigenvalue weighted by atomic mass is 35.5. The van der Waals surface area contributed by atoms with Gasteiger partial charge in [-0.3, -0.25) is 30.1 Å². The van der Waals surface area contributed by atoms with E-state index >= 15 is 0 Å². The van der Waals surface area contributed by atoms with Gasteiger partial charge in [0.15, 0.2) is 0 Å². The van der Waals surface area contributed by atoms with E-state index < -0.39 is 35.2 Å². The number of urea groups is 1. The van der Waals surface area contributed by atoms with E-state index in [1.807, 2.05) is 0 Å². The van der Waals surface area contributed by atoms with Gasteiger partial charge in [0.05, 0.1) is 5.92 Å². The molecule has 9 nitrogen and oxygen atoms in total. The Hall–Kier alpha value is -2.81. The molecule has 1 aromatic rings. The van der Waals surface area contributed by atoms with Gasteiger partial charge in [0, 0.05) is 18.0 Å². The normalized spacial score (nSPS) is 20.1. The van der Waals surface area contributed by atoms with Crippen LogP contribution in [0.3, 0.4) is 0 Å². The predicted octanol–water partition coefficient (Wildman–Crippen LogP) is 0.759. The molecule has 0 aliphatic carbocycles. The molecule has 0 bridgehead atoms. The Bertz CT molecular complexity index is 841. The van der Waals surface area contributed by atoms with Crippen LogP contribution in [0.15, 0.2) is 18.2 Å². The number of amides is 5. The maximum Gasteiger partial charge on any atom is 0.325 e. The van der Waals surface area contributed by atoms with Gasteiger partial charge >= 0.3 is 6.03 Å². The van der Waals surface area contributed by atoms with Gasteiger partial charge < -0.3 is 10.1 Å². The Morgan fingerprint density at radius 1 is 1.32 bits per heavy atom. The minimum absolute atomic E-state index is 0.0752. The van der Waals surface area contributed by atoms with Gasteiger partial charge in [-0.2, -0.15) is 0 Å². The molecule has 1 saturated heterocycles. The molecule has 150 valence electrons. The molecule has 2 aliphatic rings. The number of halogens is 1. The molecule has 3 rings (SSSR count). The van der Waals surface area contributed by atoms with Crippen molar-refractivity contribution in [3.8, 4) is 5.75 Å². The van der Waals surface area contributed by atoms with E-state index in [1.54, 1.807) is 32.0 Å². The quantitative estimate of drug-likeness (QED) is 0.502. The molecule has 0 spiro atoms. The van der Waals surface area contributed by atoms with Crippen LogP contribution in [0.25, 0.3) is 0 Å². The van der Waals surface area contributed by atoms with Crippen LogP contribution in [0.5, 0.6) is 5.75 Å². The van der Waals surface area contributed by atoms with Gasteiger partial charge in [0.1, 0.15) is 17.9 Å². The van der Waals surface area contributed by atoms with Crippen molar-refractivity contribution in [3.05, 3.63) is 28.8 Å². The lowest BCUT2D eigenvalue weighted by atomic mass is 9.96. The van der Waals surface area contributed by atoms with Crippen LogP contribution in [-0.4, -0.2) is 47.3 Å². The molecule has 1 atom stereocenters. The zero-order valence-corrected chi connectivity index (χ0v) is 16.3. The Morgan fingerprint density at radius 3 is 2.75 bits per heavy atom. The van der Waals surface area contributed by atoms with Gasteiger partial charge in [0.2, 0.25) is 11.8 Å². The van der Waals surface area contributed by atoms with Crippen LogP contribution in [0.1, 0.15) is 25.8 Å². The molecular weight excluding hydrogens is 388 g/mol. The van der Waals surface area contributed by atoms with Crippen LogP contribution in [0.4, 0.5) is 4.79 Å². The zero-order chi connectivity index (χ0) is 20.5. The first-order valence-electron chi connectivity index (χ1n) is 8.81. The van der Waals surface area contributed by atoms with Gasteiger partial charge in [-0.05, 0) is 44.0 Å². The van der Waals surface area contributed by atoms with Crippen LogP contribution in [-0.2, 0) is 20.8 Å². The minimum Gasteiger partial charge on any atom is -0.492 e. The third kappa shape index (κ3) is 4.19. The van der Waals surface area contributed by atoms with Crippen LogP contribution >= 0.6 is 11.6 Å². The summed E-state index contributed by atoms with van der Waals surface area (Å²) in [6.07, 6.45) is 0.310. The number of hydrazine groups is 1. The summed E-state index contributed by atoms with van der Waals surface area (Å²) in [4.78, 5) is 49.1. The molecule has 0 unspecified atom stereocenters. The first kappa shape index (κ1) is 19.9. The SMILES string of the molecule is CC1(C)NC(=O)N(CCC(=O)NNC(=O)[C@@H]2COc3ccc(Cl)cc3C2)C1=O. The number of fused-ring (bicyclic) bond motifs is 1. The van der Waals surface area contributed by atoms with E-state index in [0.29, 0.717) is 17.2 Å². The zero-order valence-electron chi connectivity index (χ0n) is 15.5. The lowest BCUT2D eigenvalue weighted by Crippen LogP contribution is -2.48.